The second-order valence-corrected chi connectivity index (χ2v) is 0.880. The minimum absolute atomic E-state index is 1.62. The Bertz CT molecular complexity index is 33.4. The first-order chi connectivity index (χ1) is 3.33. The van der Waals surface area contributed by atoms with E-state index in [1.807, 2.05) is 0 Å². The third kappa shape index (κ3) is 333. The predicted octanol–water partition coefficient (Wildman–Crippen LogP) is 1.62. The molecule has 0 aromatic carbocycles. The van der Waals surface area contributed by atoms with Crippen LogP contribution in [0.1, 0.15) is 0 Å². The molecule has 0 fully saturated rings. The minimum atomic E-state index is 1.62. The Morgan fingerprint density at radius 3 is 1.29 bits per heavy atom. The van der Waals surface area contributed by atoms with Gasteiger partial charge in [0, 0.05) is 14.2 Å². The normalized spacial score (nSPS) is 5.43. The van der Waals surface area contributed by atoms with Crippen LogP contribution in [0.3, 0.4) is 0 Å². The van der Waals surface area contributed by atoms with Gasteiger partial charge in [0.1, 0.15) is 0 Å². The second-order valence-electron chi connectivity index (χ2n) is 0.880. The average molecular weight is 100 g/mol. The second kappa shape index (κ2) is 18.0. The molecule has 0 aliphatic rings. The van der Waals surface area contributed by atoms with Gasteiger partial charge in [0.05, 0.1) is 0 Å². The van der Waals surface area contributed by atoms with E-state index in [2.05, 4.69) is 17.9 Å². The summed E-state index contributed by atoms with van der Waals surface area (Å²) in [6.45, 7) is 6.72. The van der Waals surface area contributed by atoms with Gasteiger partial charge in [-0.05, 0) is 0 Å². The molecule has 0 N–H and O–H groups in total. The molecule has 1 nitrogen and oxygen atoms in total. The standard InChI is InChI=1S/C4H6.C2H6O/c1-3-4-2;1-3-2/h3-4H,1-2H2;1-2H3. The van der Waals surface area contributed by atoms with Crippen molar-refractivity contribution in [1.82, 2.24) is 0 Å². The first-order valence-corrected chi connectivity index (χ1v) is 1.97. The van der Waals surface area contributed by atoms with Crippen LogP contribution in [0.2, 0.25) is 0 Å². The molecule has 0 heterocycles. The molecular formula is C6H12O. The highest BCUT2D eigenvalue weighted by Crippen LogP contribution is 1.52. The Kier molecular flexibility index (Phi) is 24.9. The average Bonchev–Trinajstić information content (AvgIpc) is 1.69. The molecule has 0 aliphatic heterocycles. The molecule has 1 heteroatoms. The Hall–Kier alpha value is -0.560. The zero-order valence-corrected chi connectivity index (χ0v) is 4.98. The van der Waals surface area contributed by atoms with Crippen molar-refractivity contribution < 1.29 is 4.74 Å². The van der Waals surface area contributed by atoms with E-state index < -0.39 is 0 Å². The fraction of sp³-hybridized carbons (Fsp3) is 0.333. The van der Waals surface area contributed by atoms with Crippen LogP contribution in [0.5, 0.6) is 0 Å². The summed E-state index contributed by atoms with van der Waals surface area (Å²) in [4.78, 5) is 0. The van der Waals surface area contributed by atoms with Crippen LogP contribution in [0.15, 0.2) is 25.3 Å². The van der Waals surface area contributed by atoms with Gasteiger partial charge >= 0.3 is 0 Å². The molecule has 0 radical (unpaired) electrons. The highest BCUT2D eigenvalue weighted by Gasteiger charge is 1.29. The smallest absolute Gasteiger partial charge is 0.0351 e. The number of methoxy groups -OCH3 is 1. The molecule has 0 aromatic rings. The number of hydrogen-bond donors (Lipinski definition) is 0. The van der Waals surface area contributed by atoms with Gasteiger partial charge in [0.15, 0.2) is 0 Å². The van der Waals surface area contributed by atoms with Crippen molar-refractivity contribution >= 4 is 0 Å². The number of rotatable bonds is 1. The molecule has 0 rings (SSSR count). The van der Waals surface area contributed by atoms with Gasteiger partial charge in [-0.15, -0.1) is 0 Å². The van der Waals surface area contributed by atoms with Crippen LogP contribution in [0.4, 0.5) is 0 Å². The van der Waals surface area contributed by atoms with Crippen LogP contribution in [-0.4, -0.2) is 14.2 Å². The van der Waals surface area contributed by atoms with E-state index in [4.69, 9.17) is 0 Å². The van der Waals surface area contributed by atoms with Crippen LogP contribution in [0.25, 0.3) is 0 Å². The van der Waals surface area contributed by atoms with E-state index in [-0.39, 0.29) is 0 Å². The van der Waals surface area contributed by atoms with E-state index in [9.17, 15) is 0 Å². The topological polar surface area (TPSA) is 9.23 Å². The molecule has 0 aromatic heterocycles. The van der Waals surface area contributed by atoms with Crippen molar-refractivity contribution in [3.8, 4) is 0 Å². The lowest BCUT2D eigenvalue weighted by Crippen LogP contribution is -1.55. The molecule has 0 amide bonds. The van der Waals surface area contributed by atoms with Crippen LogP contribution in [0, 0.1) is 0 Å². The largest absolute Gasteiger partial charge is 0.388 e. The van der Waals surface area contributed by atoms with Gasteiger partial charge in [-0.25, -0.2) is 0 Å². The van der Waals surface area contributed by atoms with Crippen LogP contribution in [-0.2, 0) is 4.74 Å². The van der Waals surface area contributed by atoms with Gasteiger partial charge in [-0.1, -0.05) is 25.3 Å². The van der Waals surface area contributed by atoms with Gasteiger partial charge in [0.2, 0.25) is 0 Å². The monoisotopic (exact) mass is 100 g/mol. The van der Waals surface area contributed by atoms with Crippen molar-refractivity contribution in [2.45, 2.75) is 0 Å². The van der Waals surface area contributed by atoms with E-state index >= 15 is 0 Å². The zero-order valence-electron chi connectivity index (χ0n) is 4.98. The molecule has 0 spiro atoms. The number of allylic oxidation sites excluding steroid dienone is 2. The molecule has 42 valence electrons. The van der Waals surface area contributed by atoms with Crippen molar-refractivity contribution in [1.29, 1.82) is 0 Å². The van der Waals surface area contributed by atoms with Gasteiger partial charge in [0.25, 0.3) is 0 Å². The summed E-state index contributed by atoms with van der Waals surface area (Å²) in [5.74, 6) is 0. The third-order valence-corrected chi connectivity index (χ3v) is 0.167. The Labute approximate surface area is 45.3 Å². The Morgan fingerprint density at radius 2 is 1.29 bits per heavy atom. The third-order valence-electron chi connectivity index (χ3n) is 0.167. The number of ether oxygens (including phenoxy) is 1. The summed E-state index contributed by atoms with van der Waals surface area (Å²) in [7, 11) is 3.25. The summed E-state index contributed by atoms with van der Waals surface area (Å²) < 4.78 is 4.25. The summed E-state index contributed by atoms with van der Waals surface area (Å²) in [6.07, 6.45) is 3.28. The van der Waals surface area contributed by atoms with Crippen LogP contribution >= 0.6 is 0 Å². The lowest BCUT2D eigenvalue weighted by atomic mass is 10.6. The summed E-state index contributed by atoms with van der Waals surface area (Å²) in [6, 6.07) is 0. The minimum Gasteiger partial charge on any atom is -0.388 e. The maximum atomic E-state index is 4.25. The van der Waals surface area contributed by atoms with Crippen molar-refractivity contribution in [2.24, 2.45) is 0 Å². The molecule has 0 unspecified atom stereocenters. The first-order valence-electron chi connectivity index (χ1n) is 1.97. The first kappa shape index (κ1) is 9.67. The quantitative estimate of drug-likeness (QED) is 0.455. The van der Waals surface area contributed by atoms with Crippen LogP contribution < -0.4 is 0 Å². The van der Waals surface area contributed by atoms with Crippen molar-refractivity contribution in [2.75, 3.05) is 14.2 Å². The Balaban J connectivity index is 0. The summed E-state index contributed by atoms with van der Waals surface area (Å²) >= 11 is 0. The summed E-state index contributed by atoms with van der Waals surface area (Å²) in [5, 5.41) is 0. The van der Waals surface area contributed by atoms with Gasteiger partial charge in [-0.3, -0.25) is 0 Å². The van der Waals surface area contributed by atoms with E-state index in [0.29, 0.717) is 0 Å². The highest BCUT2D eigenvalue weighted by atomic mass is 16.4. The molecule has 0 saturated carbocycles. The zero-order chi connectivity index (χ0) is 6.12. The van der Waals surface area contributed by atoms with E-state index in [0.717, 1.165) is 0 Å². The highest BCUT2D eigenvalue weighted by molar-refractivity contribution is 4.88. The van der Waals surface area contributed by atoms with Crippen molar-refractivity contribution in [3.63, 3.8) is 0 Å². The molecule has 0 atom stereocenters. The molecule has 0 bridgehead atoms. The van der Waals surface area contributed by atoms with Crippen molar-refractivity contribution in [3.05, 3.63) is 25.3 Å². The molecule has 0 aliphatic carbocycles. The lowest BCUT2D eigenvalue weighted by molar-refractivity contribution is 0.277. The molecule has 0 saturated heterocycles. The predicted molar refractivity (Wildman–Crippen MR) is 33.3 cm³/mol. The van der Waals surface area contributed by atoms with Gasteiger partial charge < -0.3 is 4.74 Å². The number of hydrogen-bond acceptors (Lipinski definition) is 1. The van der Waals surface area contributed by atoms with E-state index in [1.165, 1.54) is 0 Å². The SMILES string of the molecule is C=CC=C.COC. The summed E-state index contributed by atoms with van der Waals surface area (Å²) in [5.41, 5.74) is 0. The fourth-order valence-corrected chi connectivity index (χ4v) is 0. The fourth-order valence-electron chi connectivity index (χ4n) is 0. The Morgan fingerprint density at radius 1 is 1.14 bits per heavy atom. The van der Waals surface area contributed by atoms with Gasteiger partial charge in [-0.2, -0.15) is 0 Å². The van der Waals surface area contributed by atoms with E-state index in [1.54, 1.807) is 26.4 Å². The molecule has 7 heavy (non-hydrogen) atoms. The lowest BCUT2D eigenvalue weighted by Gasteiger charge is -1.61. The maximum Gasteiger partial charge on any atom is 0.0351 e. The maximum absolute atomic E-state index is 4.25. The molecular weight excluding hydrogens is 88.1 g/mol.